The second-order valence-corrected chi connectivity index (χ2v) is 3.69. The number of halogens is 1. The third-order valence-electron chi connectivity index (χ3n) is 1.88. The van der Waals surface area contributed by atoms with Gasteiger partial charge in [-0.1, -0.05) is 28.6 Å². The van der Waals surface area contributed by atoms with Crippen LogP contribution in [0.4, 0.5) is 0 Å². The molecule has 2 aromatic rings. The number of fused-ring (bicyclic) bond motifs is 1. The van der Waals surface area contributed by atoms with Gasteiger partial charge in [0.1, 0.15) is 0 Å². The SMILES string of the molecule is C=Cc1ccc2cc(Br)ccc2n1. The van der Waals surface area contributed by atoms with Gasteiger partial charge in [0.05, 0.1) is 11.2 Å². The molecule has 2 rings (SSSR count). The first-order valence-corrected chi connectivity index (χ1v) is 4.77. The molecule has 0 amide bonds. The van der Waals surface area contributed by atoms with Crippen LogP contribution in [-0.4, -0.2) is 4.98 Å². The van der Waals surface area contributed by atoms with E-state index in [4.69, 9.17) is 0 Å². The summed E-state index contributed by atoms with van der Waals surface area (Å²) in [5.41, 5.74) is 1.91. The maximum absolute atomic E-state index is 4.40. The quantitative estimate of drug-likeness (QED) is 0.733. The molecule has 1 aromatic heterocycles. The monoisotopic (exact) mass is 233 g/mol. The zero-order valence-electron chi connectivity index (χ0n) is 7.00. The standard InChI is InChI=1S/C11H8BrN/c1-2-10-5-3-8-7-9(12)4-6-11(8)13-10/h2-7H,1H2. The van der Waals surface area contributed by atoms with E-state index in [1.54, 1.807) is 6.08 Å². The molecule has 0 spiro atoms. The molecular weight excluding hydrogens is 226 g/mol. The molecule has 0 radical (unpaired) electrons. The van der Waals surface area contributed by atoms with Crippen molar-refractivity contribution in [3.05, 3.63) is 47.1 Å². The fraction of sp³-hybridized carbons (Fsp3) is 0. The van der Waals surface area contributed by atoms with Gasteiger partial charge in [-0.3, -0.25) is 0 Å². The molecule has 1 aromatic carbocycles. The summed E-state index contributed by atoms with van der Waals surface area (Å²) < 4.78 is 1.08. The first kappa shape index (κ1) is 8.45. The summed E-state index contributed by atoms with van der Waals surface area (Å²) in [7, 11) is 0. The maximum atomic E-state index is 4.40. The van der Waals surface area contributed by atoms with Gasteiger partial charge >= 0.3 is 0 Å². The minimum Gasteiger partial charge on any atom is -0.248 e. The van der Waals surface area contributed by atoms with Crippen molar-refractivity contribution in [2.45, 2.75) is 0 Å². The highest BCUT2D eigenvalue weighted by Gasteiger charge is 1.95. The molecule has 0 unspecified atom stereocenters. The molecule has 0 N–H and O–H groups in total. The van der Waals surface area contributed by atoms with Crippen LogP contribution in [0.1, 0.15) is 5.69 Å². The van der Waals surface area contributed by atoms with Gasteiger partial charge in [0.25, 0.3) is 0 Å². The minimum absolute atomic E-state index is 0.912. The van der Waals surface area contributed by atoms with Gasteiger partial charge in [-0.05, 0) is 30.3 Å². The van der Waals surface area contributed by atoms with E-state index >= 15 is 0 Å². The van der Waals surface area contributed by atoms with Crippen molar-refractivity contribution >= 4 is 32.9 Å². The normalized spacial score (nSPS) is 10.2. The predicted molar refractivity (Wildman–Crippen MR) is 59.5 cm³/mol. The average Bonchev–Trinajstić information content (AvgIpc) is 2.17. The molecule has 0 atom stereocenters. The van der Waals surface area contributed by atoms with Crippen molar-refractivity contribution in [3.63, 3.8) is 0 Å². The summed E-state index contributed by atoms with van der Waals surface area (Å²) in [6.45, 7) is 3.68. The van der Waals surface area contributed by atoms with Crippen LogP contribution in [0.5, 0.6) is 0 Å². The molecule has 0 saturated heterocycles. The summed E-state index contributed by atoms with van der Waals surface area (Å²) in [6.07, 6.45) is 1.75. The number of rotatable bonds is 1. The minimum atomic E-state index is 0.912. The summed E-state index contributed by atoms with van der Waals surface area (Å²) in [6, 6.07) is 10.0. The molecule has 1 nitrogen and oxygen atoms in total. The van der Waals surface area contributed by atoms with Crippen LogP contribution < -0.4 is 0 Å². The Balaban J connectivity index is 2.73. The van der Waals surface area contributed by atoms with E-state index in [1.165, 1.54) is 0 Å². The van der Waals surface area contributed by atoms with Crippen molar-refractivity contribution in [2.75, 3.05) is 0 Å². The first-order chi connectivity index (χ1) is 6.29. The lowest BCUT2D eigenvalue weighted by atomic mass is 10.2. The molecular formula is C11H8BrN. The van der Waals surface area contributed by atoms with Gasteiger partial charge in [0.15, 0.2) is 0 Å². The Bertz CT molecular complexity index is 463. The molecule has 0 bridgehead atoms. The Morgan fingerprint density at radius 1 is 1.23 bits per heavy atom. The molecule has 0 saturated carbocycles. The Morgan fingerprint density at radius 2 is 2.08 bits per heavy atom. The smallest absolute Gasteiger partial charge is 0.0710 e. The number of pyridine rings is 1. The van der Waals surface area contributed by atoms with E-state index in [1.807, 2.05) is 24.3 Å². The molecule has 2 heteroatoms. The number of nitrogens with zero attached hydrogens (tertiary/aromatic N) is 1. The molecule has 0 aliphatic rings. The largest absolute Gasteiger partial charge is 0.248 e. The highest BCUT2D eigenvalue weighted by Crippen LogP contribution is 2.18. The zero-order chi connectivity index (χ0) is 9.26. The second kappa shape index (κ2) is 3.30. The molecule has 1 heterocycles. The fourth-order valence-electron chi connectivity index (χ4n) is 1.23. The Labute approximate surface area is 85.2 Å². The molecule has 0 fully saturated rings. The van der Waals surface area contributed by atoms with Crippen molar-refractivity contribution in [3.8, 4) is 0 Å². The van der Waals surface area contributed by atoms with Crippen molar-refractivity contribution in [1.29, 1.82) is 0 Å². The third-order valence-corrected chi connectivity index (χ3v) is 2.38. The maximum Gasteiger partial charge on any atom is 0.0710 e. The van der Waals surface area contributed by atoms with E-state index < -0.39 is 0 Å². The zero-order valence-corrected chi connectivity index (χ0v) is 8.58. The third kappa shape index (κ3) is 1.63. The van der Waals surface area contributed by atoms with Gasteiger partial charge in [-0.25, -0.2) is 4.98 Å². The molecule has 0 aliphatic heterocycles. The van der Waals surface area contributed by atoms with Crippen LogP contribution in [0.2, 0.25) is 0 Å². The van der Waals surface area contributed by atoms with Gasteiger partial charge < -0.3 is 0 Å². The number of aromatic nitrogens is 1. The molecule has 0 aliphatic carbocycles. The molecule has 13 heavy (non-hydrogen) atoms. The van der Waals surface area contributed by atoms with Gasteiger partial charge in [0.2, 0.25) is 0 Å². The summed E-state index contributed by atoms with van der Waals surface area (Å²) in [5.74, 6) is 0. The highest BCUT2D eigenvalue weighted by atomic mass is 79.9. The van der Waals surface area contributed by atoms with E-state index in [2.05, 4.69) is 33.6 Å². The topological polar surface area (TPSA) is 12.9 Å². The van der Waals surface area contributed by atoms with E-state index in [9.17, 15) is 0 Å². The van der Waals surface area contributed by atoms with Crippen LogP contribution in [0.3, 0.4) is 0 Å². The Kier molecular flexibility index (Phi) is 2.15. The number of hydrogen-bond acceptors (Lipinski definition) is 1. The van der Waals surface area contributed by atoms with E-state index in [0.29, 0.717) is 0 Å². The van der Waals surface area contributed by atoms with Crippen LogP contribution in [0, 0.1) is 0 Å². The summed E-state index contributed by atoms with van der Waals surface area (Å²) >= 11 is 3.42. The lowest BCUT2D eigenvalue weighted by Crippen LogP contribution is -1.82. The Morgan fingerprint density at radius 3 is 2.85 bits per heavy atom. The van der Waals surface area contributed by atoms with Crippen molar-refractivity contribution in [1.82, 2.24) is 4.98 Å². The van der Waals surface area contributed by atoms with Gasteiger partial charge in [-0.15, -0.1) is 0 Å². The number of hydrogen-bond donors (Lipinski definition) is 0. The molecule has 64 valence electrons. The van der Waals surface area contributed by atoms with Gasteiger partial charge in [0, 0.05) is 9.86 Å². The lowest BCUT2D eigenvalue weighted by Gasteiger charge is -1.98. The highest BCUT2D eigenvalue weighted by molar-refractivity contribution is 9.10. The van der Waals surface area contributed by atoms with E-state index in [0.717, 1.165) is 21.1 Å². The van der Waals surface area contributed by atoms with Crippen LogP contribution in [0.15, 0.2) is 41.4 Å². The summed E-state index contributed by atoms with van der Waals surface area (Å²) in [5, 5.41) is 1.14. The van der Waals surface area contributed by atoms with E-state index in [-0.39, 0.29) is 0 Å². The Hall–Kier alpha value is -1.15. The lowest BCUT2D eigenvalue weighted by molar-refractivity contribution is 1.37. The number of benzene rings is 1. The van der Waals surface area contributed by atoms with Crippen LogP contribution in [0.25, 0.3) is 17.0 Å². The first-order valence-electron chi connectivity index (χ1n) is 3.98. The van der Waals surface area contributed by atoms with Crippen molar-refractivity contribution < 1.29 is 0 Å². The summed E-state index contributed by atoms with van der Waals surface area (Å²) in [4.78, 5) is 4.40. The van der Waals surface area contributed by atoms with Crippen LogP contribution >= 0.6 is 15.9 Å². The van der Waals surface area contributed by atoms with Gasteiger partial charge in [-0.2, -0.15) is 0 Å². The average molecular weight is 234 g/mol. The van der Waals surface area contributed by atoms with Crippen LogP contribution in [-0.2, 0) is 0 Å². The second-order valence-electron chi connectivity index (χ2n) is 2.78. The fourth-order valence-corrected chi connectivity index (χ4v) is 1.60. The predicted octanol–water partition coefficient (Wildman–Crippen LogP) is 3.64. The van der Waals surface area contributed by atoms with Crippen molar-refractivity contribution in [2.24, 2.45) is 0 Å².